The Balaban J connectivity index is 1.49. The zero-order valence-electron chi connectivity index (χ0n) is 15.7. The SMILES string of the molecule is CCc1ccc(Oc2cccc(Br)c2)cc1C1C(=O)C2C3CCC(O3)C2C1O. The highest BCUT2D eigenvalue weighted by atomic mass is 79.9. The van der Waals surface area contributed by atoms with Gasteiger partial charge in [-0.15, -0.1) is 0 Å². The van der Waals surface area contributed by atoms with Crippen molar-refractivity contribution in [2.24, 2.45) is 11.8 Å². The number of aliphatic hydroxyl groups excluding tert-OH is 1. The zero-order chi connectivity index (χ0) is 19.4. The summed E-state index contributed by atoms with van der Waals surface area (Å²) in [6.45, 7) is 2.08. The highest BCUT2D eigenvalue weighted by Gasteiger charge is 2.62. The van der Waals surface area contributed by atoms with Gasteiger partial charge in [-0.05, 0) is 60.7 Å². The van der Waals surface area contributed by atoms with Crippen LogP contribution in [0.3, 0.4) is 0 Å². The average Bonchev–Trinajstić information content (AvgIpc) is 3.36. The number of aryl methyl sites for hydroxylation is 1. The first-order chi connectivity index (χ1) is 13.6. The Labute approximate surface area is 173 Å². The van der Waals surface area contributed by atoms with Crippen molar-refractivity contribution in [2.45, 2.75) is 50.4 Å². The van der Waals surface area contributed by atoms with Gasteiger partial charge in [0.25, 0.3) is 0 Å². The number of Topliss-reactive ketones (excluding diaryl/α,β-unsaturated/α-hetero) is 1. The van der Waals surface area contributed by atoms with Crippen molar-refractivity contribution >= 4 is 21.7 Å². The second kappa shape index (κ2) is 6.97. The molecule has 2 saturated heterocycles. The first-order valence-electron chi connectivity index (χ1n) is 10.0. The normalized spacial score (nSPS) is 33.3. The third-order valence-corrected chi connectivity index (χ3v) is 7.06. The molecule has 6 unspecified atom stereocenters. The Kier molecular flexibility index (Phi) is 4.57. The molecule has 4 nitrogen and oxygen atoms in total. The van der Waals surface area contributed by atoms with Crippen LogP contribution in [0.4, 0.5) is 0 Å². The first-order valence-corrected chi connectivity index (χ1v) is 10.8. The van der Waals surface area contributed by atoms with Gasteiger partial charge in [0, 0.05) is 10.4 Å². The molecule has 2 aromatic carbocycles. The number of hydrogen-bond donors (Lipinski definition) is 1. The highest BCUT2D eigenvalue weighted by molar-refractivity contribution is 9.10. The van der Waals surface area contributed by atoms with Gasteiger partial charge in [0.1, 0.15) is 17.3 Å². The lowest BCUT2D eigenvalue weighted by Crippen LogP contribution is -2.31. The van der Waals surface area contributed by atoms with Gasteiger partial charge >= 0.3 is 0 Å². The Morgan fingerprint density at radius 1 is 1.14 bits per heavy atom. The summed E-state index contributed by atoms with van der Waals surface area (Å²) >= 11 is 3.46. The van der Waals surface area contributed by atoms with Gasteiger partial charge in [0.05, 0.1) is 30.1 Å². The van der Waals surface area contributed by atoms with Crippen LogP contribution in [0, 0.1) is 11.8 Å². The smallest absolute Gasteiger partial charge is 0.149 e. The number of carbonyl (C=O) groups excluding carboxylic acids is 1. The molecular weight excluding hydrogens is 420 g/mol. The van der Waals surface area contributed by atoms with E-state index >= 15 is 0 Å². The van der Waals surface area contributed by atoms with Crippen molar-refractivity contribution in [3.8, 4) is 11.5 Å². The Morgan fingerprint density at radius 2 is 1.93 bits per heavy atom. The van der Waals surface area contributed by atoms with Crippen molar-refractivity contribution in [1.29, 1.82) is 0 Å². The second-order valence-electron chi connectivity index (χ2n) is 8.04. The van der Waals surface area contributed by atoms with Crippen LogP contribution in [0.25, 0.3) is 0 Å². The fourth-order valence-corrected chi connectivity index (χ4v) is 5.75. The number of ether oxygens (including phenoxy) is 2. The maximum atomic E-state index is 13.3. The fourth-order valence-electron chi connectivity index (χ4n) is 5.37. The summed E-state index contributed by atoms with van der Waals surface area (Å²) in [5.74, 6) is 0.850. The van der Waals surface area contributed by atoms with E-state index in [9.17, 15) is 9.90 Å². The van der Waals surface area contributed by atoms with E-state index in [-0.39, 0.29) is 29.8 Å². The van der Waals surface area contributed by atoms with E-state index in [4.69, 9.17) is 9.47 Å². The van der Waals surface area contributed by atoms with Crippen molar-refractivity contribution in [2.75, 3.05) is 0 Å². The summed E-state index contributed by atoms with van der Waals surface area (Å²) in [6.07, 6.45) is 2.04. The predicted molar refractivity (Wildman–Crippen MR) is 109 cm³/mol. The monoisotopic (exact) mass is 442 g/mol. The summed E-state index contributed by atoms with van der Waals surface area (Å²) in [7, 11) is 0. The highest BCUT2D eigenvalue weighted by Crippen LogP contribution is 2.54. The molecule has 0 radical (unpaired) electrons. The summed E-state index contributed by atoms with van der Waals surface area (Å²) in [4.78, 5) is 13.3. The number of aliphatic hydroxyl groups is 1. The molecule has 1 saturated carbocycles. The van der Waals surface area contributed by atoms with E-state index in [1.165, 1.54) is 0 Å². The lowest BCUT2D eigenvalue weighted by Gasteiger charge is -2.23. The maximum absolute atomic E-state index is 13.3. The molecule has 3 fully saturated rings. The van der Waals surface area contributed by atoms with E-state index in [0.29, 0.717) is 5.75 Å². The molecule has 146 valence electrons. The fraction of sp³-hybridized carbons (Fsp3) is 0.435. The third-order valence-electron chi connectivity index (χ3n) is 6.57. The van der Waals surface area contributed by atoms with Gasteiger partial charge in [0.2, 0.25) is 0 Å². The van der Waals surface area contributed by atoms with Crippen molar-refractivity contribution < 1.29 is 19.4 Å². The molecule has 0 aromatic heterocycles. The lowest BCUT2D eigenvalue weighted by molar-refractivity contribution is -0.124. The molecule has 28 heavy (non-hydrogen) atoms. The van der Waals surface area contributed by atoms with Crippen LogP contribution in [0.1, 0.15) is 36.8 Å². The number of fused-ring (bicyclic) bond motifs is 5. The van der Waals surface area contributed by atoms with Crippen molar-refractivity contribution in [3.05, 3.63) is 58.1 Å². The topological polar surface area (TPSA) is 55.8 Å². The zero-order valence-corrected chi connectivity index (χ0v) is 17.3. The number of carbonyl (C=O) groups is 1. The Morgan fingerprint density at radius 3 is 2.68 bits per heavy atom. The molecule has 2 heterocycles. The molecular formula is C23H23BrO4. The molecule has 0 amide bonds. The number of ketones is 1. The number of benzene rings is 2. The first kappa shape index (κ1) is 18.3. The van der Waals surface area contributed by atoms with Gasteiger partial charge < -0.3 is 14.6 Å². The van der Waals surface area contributed by atoms with E-state index < -0.39 is 12.0 Å². The van der Waals surface area contributed by atoms with E-state index in [2.05, 4.69) is 22.9 Å². The van der Waals surface area contributed by atoms with E-state index in [1.54, 1.807) is 0 Å². The predicted octanol–water partition coefficient (Wildman–Crippen LogP) is 4.62. The Bertz CT molecular complexity index is 927. The molecule has 2 aromatic rings. The van der Waals surface area contributed by atoms with Crippen LogP contribution in [0.15, 0.2) is 46.9 Å². The molecule has 0 spiro atoms. The molecule has 5 heteroatoms. The molecule has 1 N–H and O–H groups in total. The number of rotatable bonds is 4. The number of hydrogen-bond acceptors (Lipinski definition) is 4. The Hall–Kier alpha value is -1.69. The summed E-state index contributed by atoms with van der Waals surface area (Å²) in [5, 5.41) is 11.1. The van der Waals surface area contributed by atoms with E-state index in [1.807, 2.05) is 42.5 Å². The van der Waals surface area contributed by atoms with Gasteiger partial charge in [-0.3, -0.25) is 4.79 Å². The van der Waals surface area contributed by atoms with Crippen molar-refractivity contribution in [1.82, 2.24) is 0 Å². The van der Waals surface area contributed by atoms with Crippen LogP contribution in [0.2, 0.25) is 0 Å². The van der Waals surface area contributed by atoms with Crippen LogP contribution in [0.5, 0.6) is 11.5 Å². The van der Waals surface area contributed by atoms with Crippen LogP contribution in [-0.4, -0.2) is 29.2 Å². The minimum atomic E-state index is -0.681. The van der Waals surface area contributed by atoms with Gasteiger partial charge in [-0.25, -0.2) is 0 Å². The van der Waals surface area contributed by atoms with Crippen LogP contribution >= 0.6 is 15.9 Å². The molecule has 6 atom stereocenters. The second-order valence-corrected chi connectivity index (χ2v) is 8.95. The molecule has 1 aliphatic carbocycles. The minimum Gasteiger partial charge on any atom is -0.457 e. The standard InChI is InChI=1S/C23H23BrO4/c1-2-12-6-7-15(27-14-5-3-4-13(24)10-14)11-16(12)19-22(25)20-17-8-9-18(28-17)21(20)23(19)26/h3-7,10-11,17-22,25H,2,8-9H2,1H3. The van der Waals surface area contributed by atoms with Gasteiger partial charge in [-0.1, -0.05) is 35.0 Å². The van der Waals surface area contributed by atoms with Crippen LogP contribution in [-0.2, 0) is 16.0 Å². The molecule has 2 bridgehead atoms. The summed E-state index contributed by atoms with van der Waals surface area (Å²) in [5.41, 5.74) is 1.99. The quantitative estimate of drug-likeness (QED) is 0.749. The summed E-state index contributed by atoms with van der Waals surface area (Å²) < 4.78 is 12.9. The lowest BCUT2D eigenvalue weighted by atomic mass is 9.81. The van der Waals surface area contributed by atoms with Gasteiger partial charge in [-0.2, -0.15) is 0 Å². The minimum absolute atomic E-state index is 0.00618. The van der Waals surface area contributed by atoms with E-state index in [0.717, 1.165) is 40.6 Å². The third kappa shape index (κ3) is 2.83. The summed E-state index contributed by atoms with van der Waals surface area (Å²) in [6, 6.07) is 13.6. The van der Waals surface area contributed by atoms with Gasteiger partial charge in [0.15, 0.2) is 0 Å². The molecule has 5 rings (SSSR count). The molecule has 2 aliphatic heterocycles. The van der Waals surface area contributed by atoms with Crippen molar-refractivity contribution in [3.63, 3.8) is 0 Å². The average molecular weight is 443 g/mol. The number of halogens is 1. The largest absolute Gasteiger partial charge is 0.457 e. The molecule has 3 aliphatic rings. The maximum Gasteiger partial charge on any atom is 0.149 e. The van der Waals surface area contributed by atoms with Crippen LogP contribution < -0.4 is 4.74 Å².